The number of fused-ring (bicyclic) bond motifs is 1. The molecule has 0 aliphatic rings. The third kappa shape index (κ3) is 3.51. The molecular weight excluding hydrogens is 324 g/mol. The van der Waals surface area contributed by atoms with Gasteiger partial charge in [-0.05, 0) is 57.6 Å². The van der Waals surface area contributed by atoms with Crippen molar-refractivity contribution in [1.29, 1.82) is 0 Å². The second-order valence-electron chi connectivity index (χ2n) is 7.11. The Morgan fingerprint density at radius 3 is 2.46 bits per heavy atom. The van der Waals surface area contributed by atoms with Crippen LogP contribution in [0.15, 0.2) is 46.9 Å². The molecule has 0 spiro atoms. The topological polar surface area (TPSA) is 45.5 Å². The summed E-state index contributed by atoms with van der Waals surface area (Å²) in [6.45, 7) is 6.55. The van der Waals surface area contributed by atoms with E-state index in [4.69, 9.17) is 4.42 Å². The van der Waals surface area contributed by atoms with E-state index in [0.29, 0.717) is 12.3 Å². The molecule has 0 fully saturated rings. The molecule has 0 unspecified atom stereocenters. The van der Waals surface area contributed by atoms with Gasteiger partial charge in [0.2, 0.25) is 0 Å². The van der Waals surface area contributed by atoms with Crippen LogP contribution in [0.25, 0.3) is 11.0 Å². The minimum Gasteiger partial charge on any atom is -0.451 e. The maximum absolute atomic E-state index is 12.8. The fraction of sp³-hybridized carbons (Fsp3) is 0.318. The highest BCUT2D eigenvalue weighted by Crippen LogP contribution is 2.29. The number of amides is 1. The van der Waals surface area contributed by atoms with E-state index in [2.05, 4.69) is 35.3 Å². The van der Waals surface area contributed by atoms with Crippen molar-refractivity contribution in [3.63, 3.8) is 0 Å². The molecule has 0 aliphatic heterocycles. The van der Waals surface area contributed by atoms with Crippen LogP contribution in [0.5, 0.6) is 0 Å². The van der Waals surface area contributed by atoms with Crippen molar-refractivity contribution in [2.45, 2.75) is 26.8 Å². The van der Waals surface area contributed by atoms with Crippen molar-refractivity contribution >= 4 is 16.9 Å². The van der Waals surface area contributed by atoms with Crippen LogP contribution in [0.2, 0.25) is 0 Å². The summed E-state index contributed by atoms with van der Waals surface area (Å²) >= 11 is 0. The highest BCUT2D eigenvalue weighted by Gasteiger charge is 2.21. The Kier molecular flexibility index (Phi) is 5.14. The molecule has 0 radical (unpaired) electrons. The summed E-state index contributed by atoms with van der Waals surface area (Å²) in [6, 6.07) is 14.4. The summed E-state index contributed by atoms with van der Waals surface area (Å²) in [5.74, 6) is 0.234. The molecule has 0 bridgehead atoms. The van der Waals surface area contributed by atoms with Gasteiger partial charge in [-0.2, -0.15) is 0 Å². The number of furan rings is 1. The Hall–Kier alpha value is -2.59. The summed E-state index contributed by atoms with van der Waals surface area (Å²) in [6.07, 6.45) is 0. The molecule has 136 valence electrons. The molecule has 0 saturated carbocycles. The lowest BCUT2D eigenvalue weighted by atomic mass is 10.0. The van der Waals surface area contributed by atoms with Gasteiger partial charge in [0.05, 0.1) is 6.04 Å². The van der Waals surface area contributed by atoms with Crippen LogP contribution in [0.4, 0.5) is 0 Å². The first-order valence-electron chi connectivity index (χ1n) is 8.88. The lowest BCUT2D eigenvalue weighted by molar-refractivity contribution is 0.0915. The number of aryl methyl sites for hydroxylation is 3. The molecular formula is C22H26N2O2. The van der Waals surface area contributed by atoms with Crippen molar-refractivity contribution in [2.24, 2.45) is 0 Å². The maximum atomic E-state index is 12.8. The van der Waals surface area contributed by atoms with E-state index in [-0.39, 0.29) is 11.9 Å². The Labute approximate surface area is 154 Å². The van der Waals surface area contributed by atoms with Gasteiger partial charge in [-0.1, -0.05) is 36.4 Å². The van der Waals surface area contributed by atoms with Gasteiger partial charge in [-0.15, -0.1) is 0 Å². The fourth-order valence-corrected chi connectivity index (χ4v) is 3.55. The first-order chi connectivity index (χ1) is 12.4. The summed E-state index contributed by atoms with van der Waals surface area (Å²) in [5, 5.41) is 4.08. The second-order valence-corrected chi connectivity index (χ2v) is 7.11. The largest absolute Gasteiger partial charge is 0.451 e. The van der Waals surface area contributed by atoms with Gasteiger partial charge in [0.25, 0.3) is 5.91 Å². The normalized spacial score (nSPS) is 12.5. The number of nitrogens with zero attached hydrogens (tertiary/aromatic N) is 1. The van der Waals surface area contributed by atoms with Gasteiger partial charge in [0.15, 0.2) is 5.76 Å². The lowest BCUT2D eigenvalue weighted by Gasteiger charge is -2.25. The summed E-state index contributed by atoms with van der Waals surface area (Å²) in [5.41, 5.74) is 5.11. The Balaban J connectivity index is 1.83. The van der Waals surface area contributed by atoms with E-state index in [0.717, 1.165) is 27.7 Å². The molecule has 1 N–H and O–H groups in total. The number of carbonyl (C=O) groups is 1. The molecule has 1 atom stereocenters. The van der Waals surface area contributed by atoms with Gasteiger partial charge < -0.3 is 14.6 Å². The third-order valence-electron chi connectivity index (χ3n) is 4.84. The van der Waals surface area contributed by atoms with Crippen LogP contribution < -0.4 is 5.32 Å². The van der Waals surface area contributed by atoms with Crippen molar-refractivity contribution in [2.75, 3.05) is 20.6 Å². The molecule has 1 amide bonds. The first-order valence-corrected chi connectivity index (χ1v) is 8.88. The van der Waals surface area contributed by atoms with Crippen molar-refractivity contribution in [3.8, 4) is 0 Å². The number of benzene rings is 2. The Morgan fingerprint density at radius 2 is 1.81 bits per heavy atom. The standard InChI is InChI=1S/C22H26N2O2/c1-14-11-15(2)20-16(3)21(26-19(20)12-14)22(25)23-13-18(24(4)5)17-9-7-6-8-10-17/h6-12,18H,13H2,1-5H3,(H,23,25)/t18-/m0/s1. The van der Waals surface area contributed by atoms with Gasteiger partial charge >= 0.3 is 0 Å². The lowest BCUT2D eigenvalue weighted by Crippen LogP contribution is -2.34. The van der Waals surface area contributed by atoms with Crippen LogP contribution in [0.1, 0.15) is 38.9 Å². The molecule has 26 heavy (non-hydrogen) atoms. The van der Waals surface area contributed by atoms with E-state index in [1.807, 2.05) is 52.2 Å². The second kappa shape index (κ2) is 7.34. The number of rotatable bonds is 5. The number of carbonyl (C=O) groups excluding carboxylic acids is 1. The molecule has 1 heterocycles. The zero-order chi connectivity index (χ0) is 18.8. The van der Waals surface area contributed by atoms with Crippen molar-refractivity contribution in [3.05, 3.63) is 70.5 Å². The molecule has 0 aliphatic carbocycles. The number of hydrogen-bond acceptors (Lipinski definition) is 3. The third-order valence-corrected chi connectivity index (χ3v) is 4.84. The van der Waals surface area contributed by atoms with Crippen LogP contribution in [0, 0.1) is 20.8 Å². The monoisotopic (exact) mass is 350 g/mol. The highest BCUT2D eigenvalue weighted by atomic mass is 16.3. The van der Waals surface area contributed by atoms with Gasteiger partial charge in [-0.25, -0.2) is 0 Å². The quantitative estimate of drug-likeness (QED) is 0.742. The van der Waals surface area contributed by atoms with Crippen LogP contribution in [0.3, 0.4) is 0 Å². The first kappa shape index (κ1) is 18.2. The summed E-state index contributed by atoms with van der Waals surface area (Å²) in [7, 11) is 4.03. The minimum absolute atomic E-state index is 0.105. The van der Waals surface area contributed by atoms with E-state index >= 15 is 0 Å². The van der Waals surface area contributed by atoms with Gasteiger partial charge in [0, 0.05) is 17.5 Å². The predicted octanol–water partition coefficient (Wildman–Crippen LogP) is 4.39. The zero-order valence-corrected chi connectivity index (χ0v) is 16.1. The van der Waals surface area contributed by atoms with Crippen molar-refractivity contribution in [1.82, 2.24) is 10.2 Å². The molecule has 0 saturated heterocycles. The van der Waals surface area contributed by atoms with E-state index in [1.165, 1.54) is 5.56 Å². The molecule has 4 heteroatoms. The average molecular weight is 350 g/mol. The predicted molar refractivity (Wildman–Crippen MR) is 106 cm³/mol. The van der Waals surface area contributed by atoms with Gasteiger partial charge in [0.1, 0.15) is 5.58 Å². The van der Waals surface area contributed by atoms with E-state index < -0.39 is 0 Å². The SMILES string of the molecule is Cc1cc(C)c2c(C)c(C(=O)NC[C@@H](c3ccccc3)N(C)C)oc2c1. The van der Waals surface area contributed by atoms with Crippen LogP contribution >= 0.6 is 0 Å². The molecule has 1 aromatic heterocycles. The average Bonchev–Trinajstić information content (AvgIpc) is 2.92. The van der Waals surface area contributed by atoms with Crippen LogP contribution in [-0.2, 0) is 0 Å². The van der Waals surface area contributed by atoms with E-state index in [9.17, 15) is 4.79 Å². The van der Waals surface area contributed by atoms with Crippen molar-refractivity contribution < 1.29 is 9.21 Å². The fourth-order valence-electron chi connectivity index (χ4n) is 3.55. The Bertz CT molecular complexity index is 926. The molecule has 4 nitrogen and oxygen atoms in total. The Morgan fingerprint density at radius 1 is 1.12 bits per heavy atom. The smallest absolute Gasteiger partial charge is 0.287 e. The zero-order valence-electron chi connectivity index (χ0n) is 16.1. The number of hydrogen-bond donors (Lipinski definition) is 1. The maximum Gasteiger partial charge on any atom is 0.287 e. The van der Waals surface area contributed by atoms with E-state index in [1.54, 1.807) is 0 Å². The highest BCUT2D eigenvalue weighted by molar-refractivity contribution is 6.00. The number of likely N-dealkylation sites (N-methyl/N-ethyl adjacent to an activating group) is 1. The molecule has 3 aromatic rings. The number of nitrogens with one attached hydrogen (secondary N) is 1. The van der Waals surface area contributed by atoms with Crippen LogP contribution in [-0.4, -0.2) is 31.4 Å². The summed E-state index contributed by atoms with van der Waals surface area (Å²) < 4.78 is 5.90. The molecule has 2 aromatic carbocycles. The minimum atomic E-state index is -0.168. The molecule has 3 rings (SSSR count). The summed E-state index contributed by atoms with van der Waals surface area (Å²) in [4.78, 5) is 14.9. The van der Waals surface area contributed by atoms with Gasteiger partial charge in [-0.3, -0.25) is 4.79 Å².